The molecule has 122 valence electrons. The molecular formula is C15H28N2O4. The highest BCUT2D eigenvalue weighted by molar-refractivity contribution is 5.85. The van der Waals surface area contributed by atoms with Crippen molar-refractivity contribution in [2.24, 2.45) is 5.41 Å². The first-order valence-electron chi connectivity index (χ1n) is 7.54. The molecule has 0 bridgehead atoms. The fourth-order valence-electron chi connectivity index (χ4n) is 3.09. The molecule has 0 spiro atoms. The third kappa shape index (κ3) is 5.63. The molecule has 0 aromatic heterocycles. The minimum atomic E-state index is -1.03. The Morgan fingerprint density at radius 3 is 2.29 bits per heavy atom. The predicted octanol–water partition coefficient (Wildman–Crippen LogP) is 0.840. The van der Waals surface area contributed by atoms with E-state index < -0.39 is 17.0 Å². The zero-order chi connectivity index (χ0) is 16.1. The summed E-state index contributed by atoms with van der Waals surface area (Å²) in [5.41, 5.74) is -1.95. The summed E-state index contributed by atoms with van der Waals surface area (Å²) in [6.45, 7) is 2.21. The summed E-state index contributed by atoms with van der Waals surface area (Å²) < 4.78 is 0. The van der Waals surface area contributed by atoms with E-state index in [1.165, 1.54) is 0 Å². The summed E-state index contributed by atoms with van der Waals surface area (Å²) in [5, 5.41) is 22.3. The standard InChI is InChI=1S/C15H28N2O4/c1-14(21,11-17(2)3)10-16-12(18)9-15(13(19)20)7-5-4-6-8-15/h21H,4-11H2,1-3H3,(H,16,18)(H,19,20). The lowest BCUT2D eigenvalue weighted by Gasteiger charge is -2.33. The number of carboxylic acids is 1. The molecule has 1 unspecified atom stereocenters. The van der Waals surface area contributed by atoms with Gasteiger partial charge in [0.1, 0.15) is 0 Å². The van der Waals surface area contributed by atoms with Crippen LogP contribution in [0.1, 0.15) is 45.4 Å². The van der Waals surface area contributed by atoms with E-state index in [0.29, 0.717) is 19.4 Å². The van der Waals surface area contributed by atoms with Crippen molar-refractivity contribution in [3.8, 4) is 0 Å². The van der Waals surface area contributed by atoms with Gasteiger partial charge in [0.2, 0.25) is 5.91 Å². The lowest BCUT2D eigenvalue weighted by atomic mass is 9.71. The topological polar surface area (TPSA) is 89.9 Å². The molecule has 21 heavy (non-hydrogen) atoms. The van der Waals surface area contributed by atoms with Crippen LogP contribution in [0.3, 0.4) is 0 Å². The van der Waals surface area contributed by atoms with E-state index in [2.05, 4.69) is 5.32 Å². The van der Waals surface area contributed by atoms with Gasteiger partial charge in [-0.15, -0.1) is 0 Å². The van der Waals surface area contributed by atoms with Crippen LogP contribution in [0.4, 0.5) is 0 Å². The molecule has 6 heteroatoms. The van der Waals surface area contributed by atoms with Crippen LogP contribution >= 0.6 is 0 Å². The van der Waals surface area contributed by atoms with Gasteiger partial charge in [-0.1, -0.05) is 19.3 Å². The van der Waals surface area contributed by atoms with Crippen LogP contribution in [-0.2, 0) is 9.59 Å². The molecule has 1 rings (SSSR count). The first kappa shape index (κ1) is 17.9. The van der Waals surface area contributed by atoms with Crippen molar-refractivity contribution in [1.82, 2.24) is 10.2 Å². The Balaban J connectivity index is 2.53. The second kappa shape index (κ2) is 7.22. The van der Waals surface area contributed by atoms with E-state index in [1.54, 1.807) is 6.92 Å². The molecule has 6 nitrogen and oxygen atoms in total. The Kier molecular flexibility index (Phi) is 6.16. The molecule has 0 aromatic carbocycles. The van der Waals surface area contributed by atoms with Gasteiger partial charge in [-0.05, 0) is 33.9 Å². The summed E-state index contributed by atoms with van der Waals surface area (Å²) in [5.74, 6) is -1.17. The van der Waals surface area contributed by atoms with Gasteiger partial charge in [-0.3, -0.25) is 9.59 Å². The van der Waals surface area contributed by atoms with Crippen LogP contribution in [0.5, 0.6) is 0 Å². The Morgan fingerprint density at radius 2 is 1.81 bits per heavy atom. The number of rotatable bonds is 7. The molecule has 1 amide bonds. The molecule has 1 saturated carbocycles. The third-order valence-corrected chi connectivity index (χ3v) is 4.09. The molecule has 1 aliphatic carbocycles. The highest BCUT2D eigenvalue weighted by atomic mass is 16.4. The lowest BCUT2D eigenvalue weighted by molar-refractivity contribution is -0.154. The Labute approximate surface area is 126 Å². The second-order valence-corrected chi connectivity index (χ2v) is 6.83. The number of carbonyl (C=O) groups is 2. The fourth-order valence-corrected chi connectivity index (χ4v) is 3.09. The Bertz CT molecular complexity index is 374. The van der Waals surface area contributed by atoms with E-state index in [1.807, 2.05) is 19.0 Å². The molecule has 0 heterocycles. The zero-order valence-electron chi connectivity index (χ0n) is 13.3. The van der Waals surface area contributed by atoms with Crippen LogP contribution in [-0.4, -0.2) is 59.8 Å². The molecule has 0 radical (unpaired) electrons. The zero-order valence-corrected chi connectivity index (χ0v) is 13.3. The van der Waals surface area contributed by atoms with Crippen LogP contribution in [0.2, 0.25) is 0 Å². The van der Waals surface area contributed by atoms with Gasteiger partial charge < -0.3 is 20.4 Å². The van der Waals surface area contributed by atoms with E-state index in [4.69, 9.17) is 0 Å². The highest BCUT2D eigenvalue weighted by Gasteiger charge is 2.41. The normalized spacial score (nSPS) is 20.8. The Morgan fingerprint density at radius 1 is 1.24 bits per heavy atom. The molecule has 1 aliphatic rings. The number of carboxylic acid groups (broad SMARTS) is 1. The summed E-state index contributed by atoms with van der Waals surface area (Å²) >= 11 is 0. The maximum absolute atomic E-state index is 12.1. The van der Waals surface area contributed by atoms with Gasteiger partial charge >= 0.3 is 5.97 Å². The summed E-state index contributed by atoms with van der Waals surface area (Å²) in [7, 11) is 3.69. The highest BCUT2D eigenvalue weighted by Crippen LogP contribution is 2.39. The van der Waals surface area contributed by atoms with E-state index in [-0.39, 0.29) is 18.9 Å². The molecule has 0 saturated heterocycles. The molecule has 3 N–H and O–H groups in total. The number of likely N-dealkylation sites (N-methyl/N-ethyl adjacent to an activating group) is 1. The minimum Gasteiger partial charge on any atom is -0.481 e. The number of hydrogen-bond acceptors (Lipinski definition) is 4. The van der Waals surface area contributed by atoms with Crippen LogP contribution in [0.15, 0.2) is 0 Å². The largest absolute Gasteiger partial charge is 0.481 e. The second-order valence-electron chi connectivity index (χ2n) is 6.83. The summed E-state index contributed by atoms with van der Waals surface area (Å²) in [4.78, 5) is 25.4. The van der Waals surface area contributed by atoms with Crippen molar-refractivity contribution in [2.45, 2.75) is 51.0 Å². The van der Waals surface area contributed by atoms with Crippen LogP contribution in [0.25, 0.3) is 0 Å². The van der Waals surface area contributed by atoms with E-state index in [9.17, 15) is 19.8 Å². The predicted molar refractivity (Wildman–Crippen MR) is 80.0 cm³/mol. The van der Waals surface area contributed by atoms with Crippen LogP contribution in [0, 0.1) is 5.41 Å². The van der Waals surface area contributed by atoms with Crippen molar-refractivity contribution in [3.05, 3.63) is 0 Å². The molecular weight excluding hydrogens is 272 g/mol. The summed E-state index contributed by atoms with van der Waals surface area (Å²) in [6, 6.07) is 0. The molecule has 0 aromatic rings. The maximum Gasteiger partial charge on any atom is 0.310 e. The number of nitrogens with one attached hydrogen (secondary N) is 1. The minimum absolute atomic E-state index is 0.000375. The molecule has 1 atom stereocenters. The van der Waals surface area contributed by atoms with Gasteiger partial charge in [-0.25, -0.2) is 0 Å². The maximum atomic E-state index is 12.1. The van der Waals surface area contributed by atoms with E-state index >= 15 is 0 Å². The number of aliphatic hydroxyl groups is 1. The Hall–Kier alpha value is -1.14. The average Bonchev–Trinajstić information content (AvgIpc) is 2.36. The summed E-state index contributed by atoms with van der Waals surface area (Å²) in [6.07, 6.45) is 3.87. The first-order valence-corrected chi connectivity index (χ1v) is 7.54. The van der Waals surface area contributed by atoms with Gasteiger partial charge in [0.05, 0.1) is 11.0 Å². The average molecular weight is 300 g/mol. The number of hydrogen-bond donors (Lipinski definition) is 3. The fraction of sp³-hybridized carbons (Fsp3) is 0.867. The number of amides is 1. The van der Waals surface area contributed by atoms with Crippen molar-refractivity contribution < 1.29 is 19.8 Å². The van der Waals surface area contributed by atoms with Gasteiger partial charge in [0.25, 0.3) is 0 Å². The smallest absolute Gasteiger partial charge is 0.310 e. The quantitative estimate of drug-likeness (QED) is 0.648. The van der Waals surface area contributed by atoms with Gasteiger partial charge in [-0.2, -0.15) is 0 Å². The SMILES string of the molecule is CN(C)CC(C)(O)CNC(=O)CC1(C(=O)O)CCCCC1. The third-order valence-electron chi connectivity index (χ3n) is 4.09. The number of nitrogens with zero attached hydrogens (tertiary/aromatic N) is 1. The van der Waals surface area contributed by atoms with Gasteiger partial charge in [0, 0.05) is 19.5 Å². The van der Waals surface area contributed by atoms with E-state index in [0.717, 1.165) is 19.3 Å². The monoisotopic (exact) mass is 300 g/mol. The lowest BCUT2D eigenvalue weighted by Crippen LogP contribution is -2.48. The van der Waals surface area contributed by atoms with Crippen LogP contribution < -0.4 is 5.32 Å². The van der Waals surface area contributed by atoms with Crippen molar-refractivity contribution in [1.29, 1.82) is 0 Å². The number of aliphatic carboxylic acids is 1. The van der Waals surface area contributed by atoms with Crippen molar-refractivity contribution >= 4 is 11.9 Å². The van der Waals surface area contributed by atoms with Crippen molar-refractivity contribution in [2.75, 3.05) is 27.2 Å². The molecule has 1 fully saturated rings. The number of carbonyl (C=O) groups excluding carboxylic acids is 1. The van der Waals surface area contributed by atoms with Gasteiger partial charge in [0.15, 0.2) is 0 Å². The first-order chi connectivity index (χ1) is 9.67. The van der Waals surface area contributed by atoms with Crippen molar-refractivity contribution in [3.63, 3.8) is 0 Å². The molecule has 0 aliphatic heterocycles.